The summed E-state index contributed by atoms with van der Waals surface area (Å²) in [5.41, 5.74) is 1.99. The first kappa shape index (κ1) is 20.6. The van der Waals surface area contributed by atoms with E-state index < -0.39 is 9.84 Å². The summed E-state index contributed by atoms with van der Waals surface area (Å²) in [7, 11) is -2.91. The van der Waals surface area contributed by atoms with Crippen LogP contribution in [0.1, 0.15) is 18.9 Å². The van der Waals surface area contributed by atoms with Crippen LogP contribution < -0.4 is 10.6 Å². The number of hydrogen-bond donors (Lipinski definition) is 2. The van der Waals surface area contributed by atoms with Crippen LogP contribution in [-0.4, -0.2) is 53.2 Å². The molecule has 2 N–H and O–H groups in total. The van der Waals surface area contributed by atoms with Gasteiger partial charge in [-0.2, -0.15) is 5.10 Å². The SMILES string of the molecule is CCNC(=NCc1ccc(-n2cncn2)cc1)NC1CCS(=O)(=O)C1.I. The lowest BCUT2D eigenvalue weighted by Crippen LogP contribution is -2.44. The topological polar surface area (TPSA) is 101 Å². The van der Waals surface area contributed by atoms with E-state index in [-0.39, 0.29) is 41.5 Å². The Balaban J connectivity index is 0.00000243. The van der Waals surface area contributed by atoms with Crippen molar-refractivity contribution in [1.82, 2.24) is 25.4 Å². The van der Waals surface area contributed by atoms with Crippen molar-refractivity contribution in [3.05, 3.63) is 42.5 Å². The summed E-state index contributed by atoms with van der Waals surface area (Å²) in [5, 5.41) is 10.5. The van der Waals surface area contributed by atoms with Crippen molar-refractivity contribution in [2.75, 3.05) is 18.1 Å². The molecule has 1 aliphatic rings. The van der Waals surface area contributed by atoms with Crippen LogP contribution in [-0.2, 0) is 16.4 Å². The fourth-order valence-corrected chi connectivity index (χ4v) is 4.36. The van der Waals surface area contributed by atoms with Gasteiger partial charge in [0.15, 0.2) is 15.8 Å². The fraction of sp³-hybridized carbons (Fsp3) is 0.438. The molecule has 0 radical (unpaired) electrons. The number of nitrogens with zero attached hydrogens (tertiary/aromatic N) is 4. The van der Waals surface area contributed by atoms with Crippen molar-refractivity contribution in [2.24, 2.45) is 4.99 Å². The molecule has 8 nitrogen and oxygen atoms in total. The number of halogens is 1. The number of aromatic nitrogens is 3. The zero-order valence-corrected chi connectivity index (χ0v) is 17.6. The van der Waals surface area contributed by atoms with E-state index in [9.17, 15) is 8.42 Å². The Kier molecular flexibility index (Phi) is 7.38. The van der Waals surface area contributed by atoms with Crippen molar-refractivity contribution >= 4 is 39.8 Å². The second kappa shape index (κ2) is 9.31. The Labute approximate surface area is 170 Å². The molecule has 1 aromatic heterocycles. The lowest BCUT2D eigenvalue weighted by Gasteiger charge is -2.15. The van der Waals surface area contributed by atoms with Gasteiger partial charge in [-0.25, -0.2) is 23.1 Å². The van der Waals surface area contributed by atoms with Gasteiger partial charge < -0.3 is 10.6 Å². The molecular formula is C16H23IN6O2S. The molecule has 0 bridgehead atoms. The van der Waals surface area contributed by atoms with Crippen LogP contribution in [0.5, 0.6) is 0 Å². The minimum Gasteiger partial charge on any atom is -0.357 e. The van der Waals surface area contributed by atoms with E-state index >= 15 is 0 Å². The Morgan fingerprint density at radius 2 is 2.12 bits per heavy atom. The van der Waals surface area contributed by atoms with Crippen LogP contribution in [0.2, 0.25) is 0 Å². The maximum absolute atomic E-state index is 11.6. The molecule has 1 unspecified atom stereocenters. The molecule has 142 valence electrons. The van der Waals surface area contributed by atoms with Gasteiger partial charge in [-0.05, 0) is 31.0 Å². The predicted octanol–water partition coefficient (Wildman–Crippen LogP) is 1.13. The molecule has 1 aliphatic heterocycles. The number of nitrogens with one attached hydrogen (secondary N) is 2. The van der Waals surface area contributed by atoms with Crippen LogP contribution in [0.3, 0.4) is 0 Å². The van der Waals surface area contributed by atoms with Gasteiger partial charge in [-0.3, -0.25) is 0 Å². The van der Waals surface area contributed by atoms with E-state index in [4.69, 9.17) is 0 Å². The minimum absolute atomic E-state index is 0. The van der Waals surface area contributed by atoms with Gasteiger partial charge in [0.05, 0.1) is 23.7 Å². The van der Waals surface area contributed by atoms with Crippen LogP contribution in [0.25, 0.3) is 5.69 Å². The molecule has 2 aromatic rings. The van der Waals surface area contributed by atoms with Crippen molar-refractivity contribution < 1.29 is 8.42 Å². The molecule has 0 aliphatic carbocycles. The largest absolute Gasteiger partial charge is 0.357 e. The maximum atomic E-state index is 11.6. The van der Waals surface area contributed by atoms with E-state index in [1.54, 1.807) is 11.0 Å². The third-order valence-corrected chi connectivity index (χ3v) is 5.72. The monoisotopic (exact) mass is 490 g/mol. The predicted molar refractivity (Wildman–Crippen MR) is 112 cm³/mol. The number of sulfone groups is 1. The molecule has 3 rings (SSSR count). The Bertz CT molecular complexity index is 821. The summed E-state index contributed by atoms with van der Waals surface area (Å²) in [6.45, 7) is 3.21. The first-order chi connectivity index (χ1) is 12.1. The first-order valence-electron chi connectivity index (χ1n) is 8.25. The molecule has 0 amide bonds. The summed E-state index contributed by atoms with van der Waals surface area (Å²) in [4.78, 5) is 8.48. The highest BCUT2D eigenvalue weighted by Gasteiger charge is 2.28. The average molecular weight is 490 g/mol. The van der Waals surface area contributed by atoms with Crippen molar-refractivity contribution in [1.29, 1.82) is 0 Å². The normalized spacial score (nSPS) is 19.0. The van der Waals surface area contributed by atoms with E-state index in [0.717, 1.165) is 17.8 Å². The standard InChI is InChI=1S/C16H22N6O2S.HI/c1-2-18-16(21-14-7-8-25(23,24)10-14)19-9-13-3-5-15(6-4-13)22-12-17-11-20-22;/h3-6,11-12,14H,2,7-10H2,1H3,(H2,18,19,21);1H. The number of benzene rings is 1. The summed E-state index contributed by atoms with van der Waals surface area (Å²) >= 11 is 0. The van der Waals surface area contributed by atoms with Gasteiger partial charge in [0.25, 0.3) is 0 Å². The summed E-state index contributed by atoms with van der Waals surface area (Å²) < 4.78 is 24.8. The lowest BCUT2D eigenvalue weighted by molar-refractivity contribution is 0.599. The van der Waals surface area contributed by atoms with Crippen molar-refractivity contribution in [2.45, 2.75) is 25.9 Å². The Morgan fingerprint density at radius 3 is 2.69 bits per heavy atom. The number of guanidine groups is 1. The third kappa shape index (κ3) is 5.66. The fourth-order valence-electron chi connectivity index (χ4n) is 2.69. The van der Waals surface area contributed by atoms with Crippen molar-refractivity contribution in [3.8, 4) is 5.69 Å². The Morgan fingerprint density at radius 1 is 1.35 bits per heavy atom. The second-order valence-electron chi connectivity index (χ2n) is 5.95. The van der Waals surface area contributed by atoms with Crippen LogP contribution in [0, 0.1) is 0 Å². The number of hydrogen-bond acceptors (Lipinski definition) is 5. The van der Waals surface area contributed by atoms with Gasteiger partial charge in [-0.15, -0.1) is 24.0 Å². The second-order valence-corrected chi connectivity index (χ2v) is 8.17. The van der Waals surface area contributed by atoms with Crippen LogP contribution in [0.15, 0.2) is 41.9 Å². The molecule has 1 atom stereocenters. The summed E-state index contributed by atoms with van der Waals surface area (Å²) in [5.74, 6) is 1.06. The minimum atomic E-state index is -2.91. The van der Waals surface area contributed by atoms with Gasteiger partial charge in [-0.1, -0.05) is 12.1 Å². The highest BCUT2D eigenvalue weighted by atomic mass is 127. The molecule has 0 spiro atoms. The highest BCUT2D eigenvalue weighted by molar-refractivity contribution is 14.0. The molecule has 2 heterocycles. The van der Waals surface area contributed by atoms with Crippen molar-refractivity contribution in [3.63, 3.8) is 0 Å². The zero-order valence-electron chi connectivity index (χ0n) is 14.5. The average Bonchev–Trinajstić information content (AvgIpc) is 3.23. The van der Waals surface area contributed by atoms with Gasteiger partial charge in [0, 0.05) is 12.6 Å². The maximum Gasteiger partial charge on any atom is 0.191 e. The first-order valence-corrected chi connectivity index (χ1v) is 10.1. The van der Waals surface area contributed by atoms with E-state index in [0.29, 0.717) is 18.9 Å². The summed E-state index contributed by atoms with van der Waals surface area (Å²) in [6.07, 6.45) is 3.77. The van der Waals surface area contributed by atoms with Crippen LogP contribution >= 0.6 is 24.0 Å². The summed E-state index contributed by atoms with van der Waals surface area (Å²) in [6, 6.07) is 7.83. The van der Waals surface area contributed by atoms with E-state index in [2.05, 4.69) is 25.7 Å². The van der Waals surface area contributed by atoms with Gasteiger partial charge >= 0.3 is 0 Å². The molecule has 0 saturated carbocycles. The molecular weight excluding hydrogens is 467 g/mol. The lowest BCUT2D eigenvalue weighted by atomic mass is 10.2. The third-order valence-electron chi connectivity index (χ3n) is 3.96. The van der Waals surface area contributed by atoms with E-state index in [1.165, 1.54) is 6.33 Å². The van der Waals surface area contributed by atoms with Gasteiger partial charge in [0.1, 0.15) is 12.7 Å². The zero-order chi connectivity index (χ0) is 17.7. The smallest absolute Gasteiger partial charge is 0.191 e. The molecule has 26 heavy (non-hydrogen) atoms. The quantitative estimate of drug-likeness (QED) is 0.370. The van der Waals surface area contributed by atoms with E-state index in [1.807, 2.05) is 31.2 Å². The molecule has 1 aromatic carbocycles. The van der Waals surface area contributed by atoms with Gasteiger partial charge in [0.2, 0.25) is 0 Å². The molecule has 1 saturated heterocycles. The molecule has 1 fully saturated rings. The highest BCUT2D eigenvalue weighted by Crippen LogP contribution is 2.12. The van der Waals surface area contributed by atoms with Crippen LogP contribution in [0.4, 0.5) is 0 Å². The Hall–Kier alpha value is -1.69. The number of aliphatic imine (C=N–C) groups is 1. The molecule has 10 heteroatoms. The number of rotatable bonds is 5.